The highest BCUT2D eigenvalue weighted by Crippen LogP contribution is 2.24. The summed E-state index contributed by atoms with van der Waals surface area (Å²) in [5, 5.41) is 3.52. The van der Waals surface area contributed by atoms with Crippen LogP contribution in [0.25, 0.3) is 0 Å². The topological polar surface area (TPSA) is 12.0 Å². The maximum Gasteiger partial charge on any atom is 0.123 e. The second kappa shape index (κ2) is 5.87. The Hall–Kier alpha value is -1.83. The molecule has 0 aliphatic rings. The molecular formula is C17H20FN. The molecule has 0 bridgehead atoms. The minimum absolute atomic E-state index is 0.190. The van der Waals surface area contributed by atoms with Crippen molar-refractivity contribution in [1.29, 1.82) is 0 Å². The quantitative estimate of drug-likeness (QED) is 0.812. The van der Waals surface area contributed by atoms with Gasteiger partial charge in [-0.1, -0.05) is 25.1 Å². The zero-order valence-corrected chi connectivity index (χ0v) is 11.7. The van der Waals surface area contributed by atoms with Crippen molar-refractivity contribution in [3.63, 3.8) is 0 Å². The molecule has 0 saturated heterocycles. The molecule has 0 amide bonds. The van der Waals surface area contributed by atoms with Gasteiger partial charge in [0, 0.05) is 5.69 Å². The molecule has 0 radical (unpaired) electrons. The van der Waals surface area contributed by atoms with Crippen LogP contribution in [0.5, 0.6) is 0 Å². The third-order valence-corrected chi connectivity index (χ3v) is 3.24. The van der Waals surface area contributed by atoms with Crippen molar-refractivity contribution in [3.8, 4) is 0 Å². The summed E-state index contributed by atoms with van der Waals surface area (Å²) in [6, 6.07) is 13.4. The molecule has 1 N–H and O–H groups in total. The van der Waals surface area contributed by atoms with Crippen LogP contribution in [0.4, 0.5) is 10.1 Å². The van der Waals surface area contributed by atoms with E-state index in [0.29, 0.717) is 0 Å². The van der Waals surface area contributed by atoms with Crippen molar-refractivity contribution < 1.29 is 4.39 Å². The third kappa shape index (κ3) is 3.57. The van der Waals surface area contributed by atoms with Crippen molar-refractivity contribution in [3.05, 3.63) is 65.0 Å². The molecular weight excluding hydrogens is 237 g/mol. The lowest BCUT2D eigenvalue weighted by Gasteiger charge is -2.19. The van der Waals surface area contributed by atoms with Crippen LogP contribution in [0.1, 0.15) is 36.1 Å². The van der Waals surface area contributed by atoms with Gasteiger partial charge in [-0.05, 0) is 61.2 Å². The van der Waals surface area contributed by atoms with Gasteiger partial charge in [-0.3, -0.25) is 0 Å². The van der Waals surface area contributed by atoms with E-state index in [1.54, 1.807) is 0 Å². The van der Waals surface area contributed by atoms with Crippen molar-refractivity contribution in [2.75, 3.05) is 5.32 Å². The van der Waals surface area contributed by atoms with E-state index in [1.807, 2.05) is 12.1 Å². The Labute approximate surface area is 114 Å². The average Bonchev–Trinajstić information content (AvgIpc) is 2.36. The van der Waals surface area contributed by atoms with Gasteiger partial charge in [-0.15, -0.1) is 0 Å². The van der Waals surface area contributed by atoms with Crippen LogP contribution in [0.3, 0.4) is 0 Å². The molecule has 0 aliphatic heterocycles. The lowest BCUT2D eigenvalue weighted by atomic mass is 10.0. The van der Waals surface area contributed by atoms with Crippen molar-refractivity contribution in [1.82, 2.24) is 0 Å². The minimum atomic E-state index is -0.190. The first-order valence-electron chi connectivity index (χ1n) is 6.69. The summed E-state index contributed by atoms with van der Waals surface area (Å²) in [6.07, 6.45) is 0.957. The molecule has 2 aromatic carbocycles. The minimum Gasteiger partial charge on any atom is -0.378 e. The zero-order valence-electron chi connectivity index (χ0n) is 11.7. The van der Waals surface area contributed by atoms with Gasteiger partial charge in [-0.25, -0.2) is 4.39 Å². The second-order valence-corrected chi connectivity index (χ2v) is 5.03. The molecule has 0 heterocycles. The van der Waals surface area contributed by atoms with E-state index < -0.39 is 0 Å². The van der Waals surface area contributed by atoms with Crippen LogP contribution in [0.2, 0.25) is 0 Å². The number of rotatable bonds is 4. The predicted octanol–water partition coefficient (Wildman–Crippen LogP) is 5.01. The van der Waals surface area contributed by atoms with Gasteiger partial charge in [0.2, 0.25) is 0 Å². The maximum atomic E-state index is 13.0. The molecule has 19 heavy (non-hydrogen) atoms. The molecule has 100 valence electrons. The zero-order chi connectivity index (χ0) is 13.8. The summed E-state index contributed by atoms with van der Waals surface area (Å²) in [5.41, 5.74) is 4.73. The molecule has 2 heteroatoms. The molecule has 0 saturated carbocycles. The highest BCUT2D eigenvalue weighted by Gasteiger charge is 2.09. The average molecular weight is 257 g/mol. The monoisotopic (exact) mass is 257 g/mol. The number of nitrogens with one attached hydrogen (secondary N) is 1. The summed E-state index contributed by atoms with van der Waals surface area (Å²) >= 11 is 0. The standard InChI is InChI=1S/C17H20FN/c1-4-17(14-5-7-15(18)8-6-14)19-16-10-12(2)9-13(3)11-16/h5-11,17,19H,4H2,1-3H3. The predicted molar refractivity (Wildman–Crippen MR) is 79.0 cm³/mol. The first-order chi connectivity index (χ1) is 9.08. The SMILES string of the molecule is CCC(Nc1cc(C)cc(C)c1)c1ccc(F)cc1. The molecule has 0 fully saturated rings. The molecule has 1 nitrogen and oxygen atoms in total. The van der Waals surface area contributed by atoms with E-state index in [0.717, 1.165) is 17.7 Å². The lowest BCUT2D eigenvalue weighted by molar-refractivity contribution is 0.625. The number of halogens is 1. The normalized spacial score (nSPS) is 12.2. The van der Waals surface area contributed by atoms with Gasteiger partial charge >= 0.3 is 0 Å². The summed E-state index contributed by atoms with van der Waals surface area (Å²) in [4.78, 5) is 0. The fourth-order valence-corrected chi connectivity index (χ4v) is 2.38. The lowest BCUT2D eigenvalue weighted by Crippen LogP contribution is -2.10. The number of hydrogen-bond donors (Lipinski definition) is 1. The van der Waals surface area contributed by atoms with Gasteiger partial charge in [0.25, 0.3) is 0 Å². The van der Waals surface area contributed by atoms with Gasteiger partial charge < -0.3 is 5.32 Å². The highest BCUT2D eigenvalue weighted by molar-refractivity contribution is 5.50. The molecule has 1 unspecified atom stereocenters. The third-order valence-electron chi connectivity index (χ3n) is 3.24. The van der Waals surface area contributed by atoms with E-state index in [-0.39, 0.29) is 11.9 Å². The number of anilines is 1. The van der Waals surface area contributed by atoms with E-state index >= 15 is 0 Å². The van der Waals surface area contributed by atoms with Crippen LogP contribution < -0.4 is 5.32 Å². The van der Waals surface area contributed by atoms with Crippen LogP contribution in [0, 0.1) is 19.7 Å². The van der Waals surface area contributed by atoms with Gasteiger partial charge in [0.1, 0.15) is 5.82 Å². The van der Waals surface area contributed by atoms with E-state index in [9.17, 15) is 4.39 Å². The van der Waals surface area contributed by atoms with Gasteiger partial charge in [0.05, 0.1) is 6.04 Å². The fourth-order valence-electron chi connectivity index (χ4n) is 2.38. The number of hydrogen-bond acceptors (Lipinski definition) is 1. The summed E-state index contributed by atoms with van der Waals surface area (Å²) in [7, 11) is 0. The van der Waals surface area contributed by atoms with Crippen molar-refractivity contribution in [2.45, 2.75) is 33.2 Å². The molecule has 0 aliphatic carbocycles. The maximum absolute atomic E-state index is 13.0. The Morgan fingerprint density at radius 3 is 2.11 bits per heavy atom. The Morgan fingerprint density at radius 1 is 1.00 bits per heavy atom. The molecule has 1 atom stereocenters. The fraction of sp³-hybridized carbons (Fsp3) is 0.294. The van der Waals surface area contributed by atoms with Crippen molar-refractivity contribution >= 4 is 5.69 Å². The Kier molecular flexibility index (Phi) is 4.20. The first kappa shape index (κ1) is 13.6. The molecule has 2 rings (SSSR count). The van der Waals surface area contributed by atoms with Crippen LogP contribution >= 0.6 is 0 Å². The summed E-state index contributed by atoms with van der Waals surface area (Å²) in [5.74, 6) is -0.190. The Morgan fingerprint density at radius 2 is 1.58 bits per heavy atom. The van der Waals surface area contributed by atoms with Gasteiger partial charge in [-0.2, -0.15) is 0 Å². The van der Waals surface area contributed by atoms with E-state index in [4.69, 9.17) is 0 Å². The smallest absolute Gasteiger partial charge is 0.123 e. The van der Waals surface area contributed by atoms with Crippen LogP contribution in [-0.4, -0.2) is 0 Å². The molecule has 0 spiro atoms. The Balaban J connectivity index is 2.21. The van der Waals surface area contributed by atoms with Gasteiger partial charge in [0.15, 0.2) is 0 Å². The first-order valence-corrected chi connectivity index (χ1v) is 6.69. The van der Waals surface area contributed by atoms with E-state index in [2.05, 4.69) is 44.3 Å². The Bertz CT molecular complexity index is 525. The van der Waals surface area contributed by atoms with Crippen molar-refractivity contribution in [2.24, 2.45) is 0 Å². The molecule has 2 aromatic rings. The highest BCUT2D eigenvalue weighted by atomic mass is 19.1. The van der Waals surface area contributed by atoms with Crippen LogP contribution in [-0.2, 0) is 0 Å². The summed E-state index contributed by atoms with van der Waals surface area (Å²) < 4.78 is 13.0. The number of benzene rings is 2. The van der Waals surface area contributed by atoms with Crippen LogP contribution in [0.15, 0.2) is 42.5 Å². The number of aryl methyl sites for hydroxylation is 2. The molecule has 0 aromatic heterocycles. The summed E-state index contributed by atoms with van der Waals surface area (Å²) in [6.45, 7) is 6.32. The largest absolute Gasteiger partial charge is 0.378 e. The second-order valence-electron chi connectivity index (χ2n) is 5.03. The van der Waals surface area contributed by atoms with E-state index in [1.165, 1.54) is 23.3 Å².